The fourth-order valence-corrected chi connectivity index (χ4v) is 2.81. The largest absolute Gasteiger partial charge is 0.460 e. The smallest absolute Gasteiger partial charge is 0.338 e. The van der Waals surface area contributed by atoms with Crippen molar-refractivity contribution in [2.75, 3.05) is 20.3 Å². The number of carbonyl (C=O) groups is 1. The summed E-state index contributed by atoms with van der Waals surface area (Å²) in [6.45, 7) is 1.98. The molecule has 0 fully saturated rings. The molecule has 0 saturated heterocycles. The summed E-state index contributed by atoms with van der Waals surface area (Å²) < 4.78 is 16.3. The van der Waals surface area contributed by atoms with E-state index in [1.165, 1.54) is 7.11 Å². The van der Waals surface area contributed by atoms with Gasteiger partial charge in [0, 0.05) is 17.5 Å². The van der Waals surface area contributed by atoms with Crippen LogP contribution in [-0.4, -0.2) is 32.2 Å². The van der Waals surface area contributed by atoms with E-state index in [1.807, 2.05) is 24.3 Å². The number of allylic oxidation sites excluding steroid dienone is 1. The fraction of sp³-hybridized carbons (Fsp3) is 0.353. The number of esters is 1. The van der Waals surface area contributed by atoms with Gasteiger partial charge in [-0.25, -0.2) is 4.79 Å². The van der Waals surface area contributed by atoms with Gasteiger partial charge in [-0.15, -0.1) is 0 Å². The summed E-state index contributed by atoms with van der Waals surface area (Å²) in [6, 6.07) is 9.34. The Labute approximate surface area is 148 Å². The highest BCUT2D eigenvalue weighted by Crippen LogP contribution is 2.39. The summed E-state index contributed by atoms with van der Waals surface area (Å²) in [5.41, 5.74) is 1.01. The number of nitriles is 1. The second-order valence-electron chi connectivity index (χ2n) is 5.20. The van der Waals surface area contributed by atoms with E-state index in [9.17, 15) is 10.1 Å². The topological polar surface area (TPSA) is 92.4 Å². The van der Waals surface area contributed by atoms with Gasteiger partial charge in [0.2, 0.25) is 5.90 Å². The van der Waals surface area contributed by atoms with E-state index >= 15 is 0 Å². The SMILES string of the molecule is COCCOC(=O)C1=C(C)OC(=N)C(C#N)[C@H]1c1ccc(Br)cc1. The maximum Gasteiger partial charge on any atom is 0.338 e. The molecule has 1 aromatic rings. The lowest BCUT2D eigenvalue weighted by Gasteiger charge is -2.30. The zero-order chi connectivity index (χ0) is 17.7. The first-order chi connectivity index (χ1) is 11.5. The van der Waals surface area contributed by atoms with E-state index in [1.54, 1.807) is 6.92 Å². The molecule has 2 atom stereocenters. The van der Waals surface area contributed by atoms with Crippen LogP contribution in [0.1, 0.15) is 18.4 Å². The van der Waals surface area contributed by atoms with Crippen LogP contribution < -0.4 is 0 Å². The lowest BCUT2D eigenvalue weighted by Crippen LogP contribution is -2.33. The molecule has 0 amide bonds. The van der Waals surface area contributed by atoms with Gasteiger partial charge in [-0.2, -0.15) is 5.26 Å². The van der Waals surface area contributed by atoms with E-state index in [2.05, 4.69) is 22.0 Å². The van der Waals surface area contributed by atoms with Crippen molar-refractivity contribution < 1.29 is 19.0 Å². The molecule has 1 unspecified atom stereocenters. The van der Waals surface area contributed by atoms with Gasteiger partial charge in [0.05, 0.1) is 18.2 Å². The molecule has 126 valence electrons. The van der Waals surface area contributed by atoms with Crippen LogP contribution in [0.25, 0.3) is 0 Å². The third-order valence-corrected chi connectivity index (χ3v) is 4.21. The van der Waals surface area contributed by atoms with Crippen LogP contribution in [0.15, 0.2) is 40.1 Å². The quantitative estimate of drug-likeness (QED) is 0.613. The van der Waals surface area contributed by atoms with Crippen LogP contribution in [0.4, 0.5) is 0 Å². The highest BCUT2D eigenvalue weighted by Gasteiger charge is 2.41. The molecule has 1 aliphatic heterocycles. The van der Waals surface area contributed by atoms with Crippen LogP contribution in [0.3, 0.4) is 0 Å². The Morgan fingerprint density at radius 2 is 2.04 bits per heavy atom. The first-order valence-electron chi connectivity index (χ1n) is 7.27. The second-order valence-corrected chi connectivity index (χ2v) is 6.12. The van der Waals surface area contributed by atoms with E-state index in [4.69, 9.17) is 19.6 Å². The second kappa shape index (κ2) is 8.08. The highest BCUT2D eigenvalue weighted by atomic mass is 79.9. The zero-order valence-corrected chi connectivity index (χ0v) is 14.9. The van der Waals surface area contributed by atoms with E-state index in [0.29, 0.717) is 0 Å². The van der Waals surface area contributed by atoms with Gasteiger partial charge >= 0.3 is 5.97 Å². The average Bonchev–Trinajstić information content (AvgIpc) is 2.55. The van der Waals surface area contributed by atoms with Crippen molar-refractivity contribution in [2.45, 2.75) is 12.8 Å². The summed E-state index contributed by atoms with van der Waals surface area (Å²) in [7, 11) is 1.51. The van der Waals surface area contributed by atoms with E-state index < -0.39 is 17.8 Å². The van der Waals surface area contributed by atoms with Crippen molar-refractivity contribution in [3.8, 4) is 6.07 Å². The number of nitrogens with zero attached hydrogens (tertiary/aromatic N) is 1. The molecule has 0 aromatic heterocycles. The minimum absolute atomic E-state index is 0.105. The molecule has 24 heavy (non-hydrogen) atoms. The molecule has 1 heterocycles. The van der Waals surface area contributed by atoms with Crippen molar-refractivity contribution in [3.63, 3.8) is 0 Å². The number of carbonyl (C=O) groups excluding carboxylic acids is 1. The van der Waals surface area contributed by atoms with Gasteiger partial charge in [0.1, 0.15) is 18.3 Å². The number of hydrogen-bond acceptors (Lipinski definition) is 6. The molecule has 0 radical (unpaired) electrons. The summed E-state index contributed by atoms with van der Waals surface area (Å²) >= 11 is 3.36. The summed E-state index contributed by atoms with van der Waals surface area (Å²) in [4.78, 5) is 12.5. The zero-order valence-electron chi connectivity index (χ0n) is 13.3. The lowest BCUT2D eigenvalue weighted by molar-refractivity contribution is -0.141. The van der Waals surface area contributed by atoms with Crippen LogP contribution in [0, 0.1) is 22.7 Å². The minimum atomic E-state index is -0.889. The lowest BCUT2D eigenvalue weighted by atomic mass is 9.79. The normalized spacial score (nSPS) is 20.3. The van der Waals surface area contributed by atoms with Gasteiger partial charge in [0.25, 0.3) is 0 Å². The highest BCUT2D eigenvalue weighted by molar-refractivity contribution is 9.10. The number of ether oxygens (including phenoxy) is 3. The summed E-state index contributed by atoms with van der Waals surface area (Å²) in [5, 5.41) is 17.4. The first-order valence-corrected chi connectivity index (χ1v) is 8.07. The Bertz CT molecular complexity index is 706. The Hall–Kier alpha value is -2.17. The molecular weight excluding hydrogens is 376 g/mol. The first kappa shape index (κ1) is 18.2. The molecule has 1 N–H and O–H groups in total. The van der Waals surface area contributed by atoms with Crippen LogP contribution in [0.2, 0.25) is 0 Å². The van der Waals surface area contributed by atoms with Crippen molar-refractivity contribution in [1.82, 2.24) is 0 Å². The van der Waals surface area contributed by atoms with Crippen molar-refractivity contribution in [1.29, 1.82) is 10.7 Å². The molecule has 2 rings (SSSR count). The van der Waals surface area contributed by atoms with Gasteiger partial charge in [-0.1, -0.05) is 28.1 Å². The number of methoxy groups -OCH3 is 1. The molecule has 0 spiro atoms. The fourth-order valence-electron chi connectivity index (χ4n) is 2.55. The van der Waals surface area contributed by atoms with Crippen molar-refractivity contribution >= 4 is 27.8 Å². The number of rotatable bonds is 5. The van der Waals surface area contributed by atoms with Crippen molar-refractivity contribution in [2.24, 2.45) is 5.92 Å². The van der Waals surface area contributed by atoms with Gasteiger partial charge in [-0.3, -0.25) is 5.41 Å². The van der Waals surface area contributed by atoms with Crippen LogP contribution in [0.5, 0.6) is 0 Å². The van der Waals surface area contributed by atoms with Crippen molar-refractivity contribution in [3.05, 3.63) is 45.6 Å². The standard InChI is InChI=1S/C17H17BrN2O4/c1-10-14(17(21)23-8-7-22-2)15(13(9-19)16(20)24-10)11-3-5-12(18)6-4-11/h3-6,13,15,20H,7-8H2,1-2H3/t13?,15-/m1/s1. The Balaban J connectivity index is 2.44. The third kappa shape index (κ3) is 3.83. The maximum atomic E-state index is 12.5. The molecule has 7 heteroatoms. The third-order valence-electron chi connectivity index (χ3n) is 3.68. The van der Waals surface area contributed by atoms with Gasteiger partial charge in [0.15, 0.2) is 0 Å². The monoisotopic (exact) mass is 392 g/mol. The molecule has 6 nitrogen and oxygen atoms in total. The number of halogens is 1. The van der Waals surface area contributed by atoms with Gasteiger partial charge < -0.3 is 14.2 Å². The molecule has 0 bridgehead atoms. The van der Waals surface area contributed by atoms with Crippen LogP contribution >= 0.6 is 15.9 Å². The van der Waals surface area contributed by atoms with E-state index in [0.717, 1.165) is 10.0 Å². The molecule has 1 aliphatic rings. The predicted molar refractivity (Wildman–Crippen MR) is 90.3 cm³/mol. The molecule has 0 saturated carbocycles. The Morgan fingerprint density at radius 1 is 1.38 bits per heavy atom. The number of nitrogens with one attached hydrogen (secondary N) is 1. The Kier molecular flexibility index (Phi) is 6.12. The summed E-state index contributed by atoms with van der Waals surface area (Å²) in [5.74, 6) is -1.96. The average molecular weight is 393 g/mol. The molecule has 0 aliphatic carbocycles. The molecular formula is C17H17BrN2O4. The van der Waals surface area contributed by atoms with Crippen LogP contribution in [-0.2, 0) is 19.0 Å². The minimum Gasteiger partial charge on any atom is -0.460 e. The number of hydrogen-bond donors (Lipinski definition) is 1. The van der Waals surface area contributed by atoms with Gasteiger partial charge in [-0.05, 0) is 24.6 Å². The molecule has 1 aromatic carbocycles. The maximum absolute atomic E-state index is 12.5. The summed E-state index contributed by atoms with van der Waals surface area (Å²) in [6.07, 6.45) is 0. The predicted octanol–water partition coefficient (Wildman–Crippen LogP) is 3.14. The van der Waals surface area contributed by atoms with E-state index in [-0.39, 0.29) is 30.4 Å². The Morgan fingerprint density at radius 3 is 2.62 bits per heavy atom. The number of benzene rings is 1.